The molecule has 0 aliphatic rings. The topological polar surface area (TPSA) is 93.0 Å². The smallest absolute Gasteiger partial charge is 0.255 e. The average molecular weight is 565 g/mol. The van der Waals surface area contributed by atoms with Crippen LogP contribution in [0.15, 0.2) is 94.9 Å². The average Bonchev–Trinajstić information content (AvgIpc) is 3.21. The molecule has 0 bridgehead atoms. The van der Waals surface area contributed by atoms with Gasteiger partial charge in [-0.05, 0) is 74.0 Å². The molecule has 3 aromatic carbocycles. The highest BCUT2D eigenvalue weighted by Crippen LogP contribution is 2.23. The predicted molar refractivity (Wildman–Crippen MR) is 153 cm³/mol. The molecule has 202 valence electrons. The number of hydrogen-bond acceptors (Lipinski definition) is 5. The highest BCUT2D eigenvalue weighted by molar-refractivity contribution is 7.89. The first-order chi connectivity index (χ1) is 18.7. The third-order valence-electron chi connectivity index (χ3n) is 6.17. The number of methoxy groups -OCH3 is 1. The lowest BCUT2D eigenvalue weighted by molar-refractivity contribution is -0.121. The van der Waals surface area contributed by atoms with E-state index in [4.69, 9.17) is 16.3 Å². The summed E-state index contributed by atoms with van der Waals surface area (Å²) < 4.78 is 35.2. The van der Waals surface area contributed by atoms with Crippen LogP contribution in [0.1, 0.15) is 22.5 Å². The molecule has 0 saturated carbocycles. The first kappa shape index (κ1) is 28.1. The second kappa shape index (κ2) is 12.3. The van der Waals surface area contributed by atoms with Crippen LogP contribution in [0.25, 0.3) is 5.69 Å². The van der Waals surface area contributed by atoms with Gasteiger partial charge >= 0.3 is 0 Å². The number of halogens is 1. The molecule has 0 spiro atoms. The van der Waals surface area contributed by atoms with Gasteiger partial charge in [0.25, 0.3) is 5.91 Å². The van der Waals surface area contributed by atoms with E-state index in [1.807, 2.05) is 62.4 Å². The lowest BCUT2D eigenvalue weighted by atomic mass is 10.2. The summed E-state index contributed by atoms with van der Waals surface area (Å²) in [6.07, 6.45) is 1.55. The Hall–Kier alpha value is -3.92. The van der Waals surface area contributed by atoms with E-state index in [1.165, 1.54) is 24.3 Å². The number of aromatic nitrogens is 1. The molecule has 4 rings (SSSR count). The van der Waals surface area contributed by atoms with Crippen molar-refractivity contribution in [3.8, 4) is 11.4 Å². The van der Waals surface area contributed by atoms with E-state index >= 15 is 0 Å². The van der Waals surface area contributed by atoms with Crippen LogP contribution in [0.5, 0.6) is 5.75 Å². The zero-order chi connectivity index (χ0) is 28.0. The minimum Gasteiger partial charge on any atom is -0.497 e. The summed E-state index contributed by atoms with van der Waals surface area (Å²) in [6.45, 7) is 3.55. The minimum absolute atomic E-state index is 0.0198. The second-order valence-electron chi connectivity index (χ2n) is 8.87. The molecule has 0 unspecified atom stereocenters. The van der Waals surface area contributed by atoms with Crippen molar-refractivity contribution in [3.63, 3.8) is 0 Å². The van der Waals surface area contributed by atoms with Crippen molar-refractivity contribution in [2.75, 3.05) is 13.7 Å². The van der Waals surface area contributed by atoms with Crippen LogP contribution in [0, 0.1) is 13.8 Å². The Labute approximate surface area is 233 Å². The van der Waals surface area contributed by atoms with Gasteiger partial charge in [-0.2, -0.15) is 9.41 Å². The van der Waals surface area contributed by atoms with Crippen molar-refractivity contribution in [1.82, 2.24) is 14.3 Å². The third kappa shape index (κ3) is 6.75. The number of ether oxygens (including phenoxy) is 1. The lowest BCUT2D eigenvalue weighted by Gasteiger charge is -2.21. The van der Waals surface area contributed by atoms with Gasteiger partial charge in [0.15, 0.2) is 0 Å². The number of rotatable bonds is 10. The normalized spacial score (nSPS) is 11.7. The maximum atomic E-state index is 13.4. The summed E-state index contributed by atoms with van der Waals surface area (Å²) in [7, 11) is -2.36. The van der Waals surface area contributed by atoms with E-state index in [2.05, 4.69) is 15.1 Å². The van der Waals surface area contributed by atoms with Crippen LogP contribution in [-0.4, -0.2) is 43.1 Å². The fourth-order valence-electron chi connectivity index (χ4n) is 4.18. The Morgan fingerprint density at radius 1 is 1.03 bits per heavy atom. The summed E-state index contributed by atoms with van der Waals surface area (Å²) in [4.78, 5) is 12.9. The molecule has 8 nitrogen and oxygen atoms in total. The zero-order valence-electron chi connectivity index (χ0n) is 21.8. The summed E-state index contributed by atoms with van der Waals surface area (Å²) in [6, 6.07) is 24.6. The number of hydrogen-bond donors (Lipinski definition) is 1. The van der Waals surface area contributed by atoms with Crippen molar-refractivity contribution in [2.45, 2.75) is 25.3 Å². The molecule has 0 atom stereocenters. The van der Waals surface area contributed by atoms with Gasteiger partial charge in [-0.15, -0.1) is 0 Å². The fraction of sp³-hybridized carbons (Fsp3) is 0.172. The van der Waals surface area contributed by atoms with Gasteiger partial charge < -0.3 is 9.30 Å². The van der Waals surface area contributed by atoms with E-state index in [-0.39, 0.29) is 11.4 Å². The number of nitrogens with zero attached hydrogens (tertiary/aromatic N) is 3. The number of sulfonamides is 1. The number of carbonyl (C=O) groups is 1. The van der Waals surface area contributed by atoms with E-state index in [0.29, 0.717) is 5.02 Å². The van der Waals surface area contributed by atoms with E-state index in [1.54, 1.807) is 25.5 Å². The van der Waals surface area contributed by atoms with Crippen LogP contribution in [-0.2, 0) is 21.4 Å². The lowest BCUT2D eigenvalue weighted by Crippen LogP contribution is -2.39. The SMILES string of the molecule is COc1ccc(-n2c(C)cc(/C=N/NC(=O)CN(Cc3ccccc3)S(=O)(=O)c3ccc(Cl)cc3)c2C)cc1. The standard InChI is InChI=1S/C29H29ClN4O4S/c1-21-17-24(22(2)34(21)26-11-13-27(38-3)14-12-26)18-31-32-29(35)20-33(19-23-7-5-4-6-8-23)39(36,37)28-15-9-25(30)10-16-28/h4-18H,19-20H2,1-3H3,(H,32,35)/b31-18+. The number of carbonyl (C=O) groups excluding carboxylic acids is 1. The Kier molecular flexibility index (Phi) is 8.86. The van der Waals surface area contributed by atoms with Gasteiger partial charge in [0, 0.05) is 34.2 Å². The van der Waals surface area contributed by atoms with Crippen molar-refractivity contribution in [3.05, 3.63) is 112 Å². The quantitative estimate of drug-likeness (QED) is 0.214. The van der Waals surface area contributed by atoms with Crippen LogP contribution in [0.2, 0.25) is 5.02 Å². The molecule has 0 radical (unpaired) electrons. The van der Waals surface area contributed by atoms with Crippen molar-refractivity contribution >= 4 is 33.7 Å². The maximum Gasteiger partial charge on any atom is 0.255 e. The summed E-state index contributed by atoms with van der Waals surface area (Å²) in [5, 5.41) is 4.53. The van der Waals surface area contributed by atoms with Gasteiger partial charge in [0.2, 0.25) is 10.0 Å². The second-order valence-corrected chi connectivity index (χ2v) is 11.2. The molecule has 1 heterocycles. The molecular weight excluding hydrogens is 536 g/mol. The number of aryl methyl sites for hydroxylation is 1. The summed E-state index contributed by atoms with van der Waals surface area (Å²) in [5.74, 6) is 0.203. The van der Waals surface area contributed by atoms with Gasteiger partial charge in [-0.3, -0.25) is 4.79 Å². The minimum atomic E-state index is -3.98. The Morgan fingerprint density at radius 3 is 2.33 bits per heavy atom. The largest absolute Gasteiger partial charge is 0.497 e. The predicted octanol–water partition coefficient (Wildman–Crippen LogP) is 5.10. The first-order valence-electron chi connectivity index (χ1n) is 12.1. The Morgan fingerprint density at radius 2 is 1.69 bits per heavy atom. The van der Waals surface area contributed by atoms with Crippen molar-refractivity contribution in [1.29, 1.82) is 0 Å². The van der Waals surface area contributed by atoms with E-state index < -0.39 is 22.5 Å². The van der Waals surface area contributed by atoms with Crippen molar-refractivity contribution < 1.29 is 17.9 Å². The molecular formula is C29H29ClN4O4S. The highest BCUT2D eigenvalue weighted by Gasteiger charge is 2.27. The molecule has 4 aromatic rings. The molecule has 0 aliphatic heterocycles. The summed E-state index contributed by atoms with van der Waals surface area (Å²) in [5.41, 5.74) is 6.94. The molecule has 0 fully saturated rings. The van der Waals surface area contributed by atoms with Crippen LogP contribution >= 0.6 is 11.6 Å². The fourth-order valence-corrected chi connectivity index (χ4v) is 5.70. The number of amides is 1. The third-order valence-corrected chi connectivity index (χ3v) is 8.22. The van der Waals surface area contributed by atoms with Crippen LogP contribution < -0.4 is 10.2 Å². The van der Waals surface area contributed by atoms with Gasteiger partial charge in [0.05, 0.1) is 24.8 Å². The Balaban J connectivity index is 1.50. The van der Waals surface area contributed by atoms with Crippen LogP contribution in [0.4, 0.5) is 0 Å². The number of hydrazone groups is 1. The molecule has 0 aliphatic carbocycles. The Bertz CT molecular complexity index is 1570. The number of benzene rings is 3. The van der Waals surface area contributed by atoms with Crippen molar-refractivity contribution in [2.24, 2.45) is 5.10 Å². The molecule has 10 heteroatoms. The molecule has 1 N–H and O–H groups in total. The monoisotopic (exact) mass is 564 g/mol. The summed E-state index contributed by atoms with van der Waals surface area (Å²) >= 11 is 5.94. The molecule has 1 amide bonds. The van der Waals surface area contributed by atoms with E-state index in [0.717, 1.165) is 38.3 Å². The maximum absolute atomic E-state index is 13.4. The van der Waals surface area contributed by atoms with Gasteiger partial charge in [0.1, 0.15) is 5.75 Å². The molecule has 1 aromatic heterocycles. The first-order valence-corrected chi connectivity index (χ1v) is 14.0. The molecule has 39 heavy (non-hydrogen) atoms. The van der Waals surface area contributed by atoms with Gasteiger partial charge in [-0.25, -0.2) is 13.8 Å². The van der Waals surface area contributed by atoms with Crippen LogP contribution in [0.3, 0.4) is 0 Å². The van der Waals surface area contributed by atoms with Gasteiger partial charge in [-0.1, -0.05) is 41.9 Å². The van der Waals surface area contributed by atoms with E-state index in [9.17, 15) is 13.2 Å². The number of nitrogens with one attached hydrogen (secondary N) is 1. The highest BCUT2D eigenvalue weighted by atomic mass is 35.5. The molecule has 0 saturated heterocycles. The zero-order valence-corrected chi connectivity index (χ0v) is 23.4.